The summed E-state index contributed by atoms with van der Waals surface area (Å²) < 4.78 is 5.34. The Morgan fingerprint density at radius 3 is 2.43 bits per heavy atom. The zero-order valence-electron chi connectivity index (χ0n) is 12.8. The summed E-state index contributed by atoms with van der Waals surface area (Å²) in [7, 11) is 0. The van der Waals surface area contributed by atoms with Crippen molar-refractivity contribution in [3.05, 3.63) is 54.1 Å². The fourth-order valence-electron chi connectivity index (χ4n) is 2.03. The maximum atomic E-state index is 12.0. The standard InChI is InChI=1S/C17H19N3O3/c1-2-23-13-9-7-12(8-10-13)20-16(21)11-19-15-6-4-3-5-14(15)17(18)22/h3-10,19H,2,11H2,1H3,(H2,18,22)(H,20,21). The third-order valence-electron chi connectivity index (χ3n) is 3.08. The topological polar surface area (TPSA) is 93.4 Å². The third-order valence-corrected chi connectivity index (χ3v) is 3.08. The van der Waals surface area contributed by atoms with Gasteiger partial charge in [0.2, 0.25) is 5.91 Å². The van der Waals surface area contributed by atoms with E-state index in [9.17, 15) is 9.59 Å². The molecule has 0 radical (unpaired) electrons. The molecular formula is C17H19N3O3. The van der Waals surface area contributed by atoms with Gasteiger partial charge in [0.15, 0.2) is 0 Å². The Kier molecular flexibility index (Phi) is 5.57. The maximum absolute atomic E-state index is 12.0. The van der Waals surface area contributed by atoms with Crippen molar-refractivity contribution in [3.63, 3.8) is 0 Å². The van der Waals surface area contributed by atoms with Crippen LogP contribution in [0.2, 0.25) is 0 Å². The van der Waals surface area contributed by atoms with E-state index in [1.54, 1.807) is 48.5 Å². The fourth-order valence-corrected chi connectivity index (χ4v) is 2.03. The van der Waals surface area contributed by atoms with Crippen LogP contribution in [0.15, 0.2) is 48.5 Å². The number of carbonyl (C=O) groups excluding carboxylic acids is 2. The lowest BCUT2D eigenvalue weighted by atomic mass is 10.1. The molecule has 0 spiro atoms. The van der Waals surface area contributed by atoms with Crippen LogP contribution < -0.4 is 21.1 Å². The van der Waals surface area contributed by atoms with Gasteiger partial charge in [0, 0.05) is 11.4 Å². The Morgan fingerprint density at radius 1 is 1.09 bits per heavy atom. The van der Waals surface area contributed by atoms with E-state index in [-0.39, 0.29) is 12.5 Å². The second-order valence-electron chi connectivity index (χ2n) is 4.77. The van der Waals surface area contributed by atoms with Gasteiger partial charge in [-0.25, -0.2) is 0 Å². The zero-order valence-corrected chi connectivity index (χ0v) is 12.8. The van der Waals surface area contributed by atoms with Crippen LogP contribution in [0.1, 0.15) is 17.3 Å². The third kappa shape index (κ3) is 4.74. The van der Waals surface area contributed by atoms with E-state index >= 15 is 0 Å². The second kappa shape index (κ2) is 7.84. The van der Waals surface area contributed by atoms with E-state index in [4.69, 9.17) is 10.5 Å². The number of anilines is 2. The molecule has 0 bridgehead atoms. The van der Waals surface area contributed by atoms with Gasteiger partial charge in [-0.3, -0.25) is 9.59 Å². The highest BCUT2D eigenvalue weighted by Gasteiger charge is 2.08. The van der Waals surface area contributed by atoms with Gasteiger partial charge in [0.1, 0.15) is 5.75 Å². The van der Waals surface area contributed by atoms with Gasteiger partial charge in [-0.1, -0.05) is 12.1 Å². The van der Waals surface area contributed by atoms with E-state index in [1.807, 2.05) is 6.92 Å². The monoisotopic (exact) mass is 313 g/mol. The van der Waals surface area contributed by atoms with Gasteiger partial charge in [0.05, 0.1) is 18.7 Å². The molecule has 2 aromatic carbocycles. The molecule has 6 nitrogen and oxygen atoms in total. The molecule has 0 aliphatic rings. The highest BCUT2D eigenvalue weighted by molar-refractivity contribution is 6.00. The predicted octanol–water partition coefficient (Wildman–Crippen LogP) is 2.23. The minimum Gasteiger partial charge on any atom is -0.494 e. The van der Waals surface area contributed by atoms with Crippen LogP contribution in [-0.2, 0) is 4.79 Å². The van der Waals surface area contributed by atoms with Gasteiger partial charge < -0.3 is 21.1 Å². The number of ether oxygens (including phenoxy) is 1. The van der Waals surface area contributed by atoms with Crippen molar-refractivity contribution in [3.8, 4) is 5.75 Å². The average molecular weight is 313 g/mol. The molecule has 2 amide bonds. The Labute approximate surface area is 134 Å². The van der Waals surface area contributed by atoms with Crippen LogP contribution in [-0.4, -0.2) is 25.0 Å². The summed E-state index contributed by atoms with van der Waals surface area (Å²) in [4.78, 5) is 23.3. The molecule has 2 aromatic rings. The number of para-hydroxylation sites is 1. The summed E-state index contributed by atoms with van der Waals surface area (Å²) in [5, 5.41) is 5.67. The van der Waals surface area contributed by atoms with Crippen LogP contribution in [0.3, 0.4) is 0 Å². The number of hydrogen-bond acceptors (Lipinski definition) is 4. The molecule has 0 saturated carbocycles. The fraction of sp³-hybridized carbons (Fsp3) is 0.176. The number of rotatable bonds is 7. The molecule has 6 heteroatoms. The van der Waals surface area contributed by atoms with Crippen molar-refractivity contribution in [2.45, 2.75) is 6.92 Å². The summed E-state index contributed by atoms with van der Waals surface area (Å²) in [6, 6.07) is 13.9. The van der Waals surface area contributed by atoms with Crippen LogP contribution in [0.25, 0.3) is 0 Å². The molecule has 0 atom stereocenters. The highest BCUT2D eigenvalue weighted by Crippen LogP contribution is 2.16. The molecule has 0 aromatic heterocycles. The van der Waals surface area contributed by atoms with Gasteiger partial charge >= 0.3 is 0 Å². The number of benzene rings is 2. The highest BCUT2D eigenvalue weighted by atomic mass is 16.5. The molecular weight excluding hydrogens is 294 g/mol. The minimum absolute atomic E-state index is 0.0253. The summed E-state index contributed by atoms with van der Waals surface area (Å²) in [6.07, 6.45) is 0. The van der Waals surface area contributed by atoms with E-state index in [0.29, 0.717) is 23.5 Å². The molecule has 0 aliphatic carbocycles. The summed E-state index contributed by atoms with van der Waals surface area (Å²) in [6.45, 7) is 2.53. The molecule has 0 aliphatic heterocycles. The van der Waals surface area contributed by atoms with E-state index in [0.717, 1.165) is 5.75 Å². The summed E-state index contributed by atoms with van der Waals surface area (Å²) >= 11 is 0. The molecule has 0 fully saturated rings. The first-order valence-electron chi connectivity index (χ1n) is 7.25. The molecule has 0 heterocycles. The normalized spacial score (nSPS) is 9.96. The van der Waals surface area contributed by atoms with Crippen molar-refractivity contribution in [1.82, 2.24) is 0 Å². The van der Waals surface area contributed by atoms with Crippen molar-refractivity contribution < 1.29 is 14.3 Å². The van der Waals surface area contributed by atoms with Crippen LogP contribution in [0, 0.1) is 0 Å². The van der Waals surface area contributed by atoms with Gasteiger partial charge in [-0.2, -0.15) is 0 Å². The quantitative estimate of drug-likeness (QED) is 0.730. The minimum atomic E-state index is -0.542. The van der Waals surface area contributed by atoms with Crippen LogP contribution in [0.4, 0.5) is 11.4 Å². The molecule has 0 saturated heterocycles. The molecule has 23 heavy (non-hydrogen) atoms. The number of hydrogen-bond donors (Lipinski definition) is 3. The SMILES string of the molecule is CCOc1ccc(NC(=O)CNc2ccccc2C(N)=O)cc1. The Balaban J connectivity index is 1.91. The second-order valence-corrected chi connectivity index (χ2v) is 4.77. The maximum Gasteiger partial charge on any atom is 0.250 e. The zero-order chi connectivity index (χ0) is 16.7. The molecule has 4 N–H and O–H groups in total. The van der Waals surface area contributed by atoms with E-state index in [2.05, 4.69) is 10.6 Å². The van der Waals surface area contributed by atoms with Crippen molar-refractivity contribution in [1.29, 1.82) is 0 Å². The van der Waals surface area contributed by atoms with Crippen molar-refractivity contribution in [2.75, 3.05) is 23.8 Å². The lowest BCUT2D eigenvalue weighted by Gasteiger charge is -2.10. The van der Waals surface area contributed by atoms with Gasteiger partial charge in [-0.15, -0.1) is 0 Å². The summed E-state index contributed by atoms with van der Waals surface area (Å²) in [5.74, 6) is -0.0209. The molecule has 0 unspecified atom stereocenters. The molecule has 120 valence electrons. The first-order valence-corrected chi connectivity index (χ1v) is 7.25. The van der Waals surface area contributed by atoms with Crippen molar-refractivity contribution in [2.24, 2.45) is 5.73 Å². The average Bonchev–Trinajstić information content (AvgIpc) is 2.55. The number of nitrogens with two attached hydrogens (primary N) is 1. The van der Waals surface area contributed by atoms with Crippen LogP contribution >= 0.6 is 0 Å². The van der Waals surface area contributed by atoms with Crippen LogP contribution in [0.5, 0.6) is 5.75 Å². The Hall–Kier alpha value is -3.02. The number of amides is 2. The van der Waals surface area contributed by atoms with E-state index < -0.39 is 5.91 Å². The number of nitrogens with one attached hydrogen (secondary N) is 2. The lowest BCUT2D eigenvalue weighted by Crippen LogP contribution is -2.23. The number of carbonyl (C=O) groups is 2. The molecule has 2 rings (SSSR count). The van der Waals surface area contributed by atoms with Crippen molar-refractivity contribution >= 4 is 23.2 Å². The first kappa shape index (κ1) is 16.4. The first-order chi connectivity index (χ1) is 11.1. The predicted molar refractivity (Wildman–Crippen MR) is 89.7 cm³/mol. The number of primary amides is 1. The Bertz CT molecular complexity index is 684. The smallest absolute Gasteiger partial charge is 0.250 e. The Morgan fingerprint density at radius 2 is 1.78 bits per heavy atom. The van der Waals surface area contributed by atoms with E-state index in [1.165, 1.54) is 0 Å². The largest absolute Gasteiger partial charge is 0.494 e. The lowest BCUT2D eigenvalue weighted by molar-refractivity contribution is -0.114. The van der Waals surface area contributed by atoms with Gasteiger partial charge in [0.25, 0.3) is 5.91 Å². The summed E-state index contributed by atoms with van der Waals surface area (Å²) in [5.41, 5.74) is 6.84. The van der Waals surface area contributed by atoms with Gasteiger partial charge in [-0.05, 0) is 43.3 Å².